The van der Waals surface area contributed by atoms with E-state index < -0.39 is 0 Å². The Morgan fingerprint density at radius 1 is 1.47 bits per heavy atom. The Labute approximate surface area is 104 Å². The molecule has 1 aliphatic heterocycles. The quantitative estimate of drug-likeness (QED) is 0.763. The van der Waals surface area contributed by atoms with E-state index in [0.717, 1.165) is 25.9 Å². The van der Waals surface area contributed by atoms with E-state index in [4.69, 9.17) is 0 Å². The standard InChI is InChI=1S/C9H19N3O.2ClH/c1-12(2)7-9(13)11-8-4-3-5-10-6-8;;/h8,10H,3-7H2,1-2H3,(H,11,13);2*1H/t8-;;/m0../s1. The van der Waals surface area contributed by atoms with Gasteiger partial charge in [0.15, 0.2) is 0 Å². The molecule has 1 aliphatic rings. The first-order chi connectivity index (χ1) is 6.18. The fourth-order valence-electron chi connectivity index (χ4n) is 1.54. The lowest BCUT2D eigenvalue weighted by Crippen LogP contribution is -2.47. The summed E-state index contributed by atoms with van der Waals surface area (Å²) in [5, 5.41) is 6.27. The van der Waals surface area contributed by atoms with Crippen LogP contribution in [0.2, 0.25) is 0 Å². The summed E-state index contributed by atoms with van der Waals surface area (Å²) in [4.78, 5) is 13.2. The summed E-state index contributed by atoms with van der Waals surface area (Å²) in [5.41, 5.74) is 0. The molecule has 1 atom stereocenters. The molecule has 0 saturated carbocycles. The SMILES string of the molecule is CN(C)CC(=O)N[C@H]1CCCNC1.Cl.Cl. The van der Waals surface area contributed by atoms with Crippen LogP contribution in [0.5, 0.6) is 0 Å². The van der Waals surface area contributed by atoms with Crippen LogP contribution in [0, 0.1) is 0 Å². The van der Waals surface area contributed by atoms with Crippen molar-refractivity contribution in [2.24, 2.45) is 0 Å². The first kappa shape index (κ1) is 17.4. The molecule has 0 bridgehead atoms. The van der Waals surface area contributed by atoms with Crippen LogP contribution in [0.25, 0.3) is 0 Å². The number of nitrogens with one attached hydrogen (secondary N) is 2. The van der Waals surface area contributed by atoms with Gasteiger partial charge in [-0.15, -0.1) is 24.8 Å². The largest absolute Gasteiger partial charge is 0.351 e. The summed E-state index contributed by atoms with van der Waals surface area (Å²) < 4.78 is 0. The number of rotatable bonds is 3. The molecule has 0 aromatic carbocycles. The van der Waals surface area contributed by atoms with E-state index in [0.29, 0.717) is 12.6 Å². The lowest BCUT2D eigenvalue weighted by molar-refractivity contribution is -0.122. The molecule has 0 spiro atoms. The van der Waals surface area contributed by atoms with Gasteiger partial charge in [-0.05, 0) is 33.5 Å². The maximum atomic E-state index is 11.3. The van der Waals surface area contributed by atoms with E-state index in [1.165, 1.54) is 0 Å². The van der Waals surface area contributed by atoms with Gasteiger partial charge in [-0.25, -0.2) is 0 Å². The van der Waals surface area contributed by atoms with Gasteiger partial charge in [0, 0.05) is 12.6 Å². The highest BCUT2D eigenvalue weighted by Gasteiger charge is 2.14. The highest BCUT2D eigenvalue weighted by Crippen LogP contribution is 2.00. The monoisotopic (exact) mass is 257 g/mol. The summed E-state index contributed by atoms with van der Waals surface area (Å²) >= 11 is 0. The van der Waals surface area contributed by atoms with Gasteiger partial charge in [-0.2, -0.15) is 0 Å². The zero-order valence-corrected chi connectivity index (χ0v) is 10.9. The second-order valence-corrected chi connectivity index (χ2v) is 3.85. The number of carbonyl (C=O) groups excluding carboxylic acids is 1. The first-order valence-corrected chi connectivity index (χ1v) is 4.83. The predicted octanol–water partition coefficient (Wildman–Crippen LogP) is 0.260. The smallest absolute Gasteiger partial charge is 0.234 e. The van der Waals surface area contributed by atoms with Crippen LogP contribution in [0.15, 0.2) is 0 Å². The Bertz CT molecular complexity index is 173. The third-order valence-electron chi connectivity index (χ3n) is 2.12. The molecule has 0 aliphatic carbocycles. The van der Waals surface area contributed by atoms with Crippen molar-refractivity contribution in [1.82, 2.24) is 15.5 Å². The third-order valence-corrected chi connectivity index (χ3v) is 2.12. The number of amides is 1. The average Bonchev–Trinajstić information content (AvgIpc) is 2.04. The van der Waals surface area contributed by atoms with Crippen LogP contribution in [-0.4, -0.2) is 50.6 Å². The van der Waals surface area contributed by atoms with E-state index >= 15 is 0 Å². The summed E-state index contributed by atoms with van der Waals surface area (Å²) in [6.45, 7) is 2.48. The van der Waals surface area contributed by atoms with Gasteiger partial charge in [0.05, 0.1) is 6.54 Å². The summed E-state index contributed by atoms with van der Waals surface area (Å²) in [5.74, 6) is 0.124. The number of halogens is 2. The van der Waals surface area contributed by atoms with Crippen molar-refractivity contribution in [3.63, 3.8) is 0 Å². The van der Waals surface area contributed by atoms with E-state index in [1.54, 1.807) is 0 Å². The molecule has 92 valence electrons. The minimum absolute atomic E-state index is 0. The van der Waals surface area contributed by atoms with Crippen LogP contribution < -0.4 is 10.6 Å². The molecule has 0 radical (unpaired) electrons. The molecule has 0 aromatic rings. The number of hydrogen-bond donors (Lipinski definition) is 2. The Hall–Kier alpha value is -0.0300. The molecule has 1 heterocycles. The van der Waals surface area contributed by atoms with Gasteiger partial charge < -0.3 is 15.5 Å². The second kappa shape index (κ2) is 9.21. The Morgan fingerprint density at radius 2 is 2.13 bits per heavy atom. The van der Waals surface area contributed by atoms with Crippen LogP contribution in [0.4, 0.5) is 0 Å². The lowest BCUT2D eigenvalue weighted by Gasteiger charge is -2.24. The van der Waals surface area contributed by atoms with Gasteiger partial charge in [-0.1, -0.05) is 0 Å². The molecule has 15 heavy (non-hydrogen) atoms. The third kappa shape index (κ3) is 7.85. The first-order valence-electron chi connectivity index (χ1n) is 4.83. The predicted molar refractivity (Wildman–Crippen MR) is 67.1 cm³/mol. The Morgan fingerprint density at radius 3 is 2.60 bits per heavy atom. The fraction of sp³-hybridized carbons (Fsp3) is 0.889. The Kier molecular flexibility index (Phi) is 10.7. The highest BCUT2D eigenvalue weighted by atomic mass is 35.5. The van der Waals surface area contributed by atoms with Gasteiger partial charge in [0.2, 0.25) is 5.91 Å². The molecule has 4 nitrogen and oxygen atoms in total. The van der Waals surface area contributed by atoms with Crippen molar-refractivity contribution in [2.45, 2.75) is 18.9 Å². The van der Waals surface area contributed by atoms with E-state index in [2.05, 4.69) is 10.6 Å². The molecular formula is C9H21Cl2N3O. The van der Waals surface area contributed by atoms with Crippen LogP contribution >= 0.6 is 24.8 Å². The van der Waals surface area contributed by atoms with Gasteiger partial charge >= 0.3 is 0 Å². The Balaban J connectivity index is 0. The molecule has 1 fully saturated rings. The summed E-state index contributed by atoms with van der Waals surface area (Å²) in [6.07, 6.45) is 2.26. The molecule has 1 rings (SSSR count). The minimum Gasteiger partial charge on any atom is -0.351 e. The number of likely N-dealkylation sites (N-methyl/N-ethyl adjacent to an activating group) is 1. The lowest BCUT2D eigenvalue weighted by atomic mass is 10.1. The maximum absolute atomic E-state index is 11.3. The molecule has 0 aromatic heterocycles. The zero-order chi connectivity index (χ0) is 9.68. The fourth-order valence-corrected chi connectivity index (χ4v) is 1.54. The van der Waals surface area contributed by atoms with Gasteiger partial charge in [-0.3, -0.25) is 4.79 Å². The van der Waals surface area contributed by atoms with Crippen LogP contribution in [0.3, 0.4) is 0 Å². The minimum atomic E-state index is 0. The summed E-state index contributed by atoms with van der Waals surface area (Å²) in [7, 11) is 3.80. The van der Waals surface area contributed by atoms with E-state index in [9.17, 15) is 4.79 Å². The van der Waals surface area contributed by atoms with E-state index in [1.807, 2.05) is 19.0 Å². The van der Waals surface area contributed by atoms with Crippen molar-refractivity contribution >= 4 is 30.7 Å². The van der Waals surface area contributed by atoms with Crippen LogP contribution in [0.1, 0.15) is 12.8 Å². The molecule has 0 unspecified atom stereocenters. The highest BCUT2D eigenvalue weighted by molar-refractivity contribution is 5.85. The molecule has 1 saturated heterocycles. The maximum Gasteiger partial charge on any atom is 0.234 e. The van der Waals surface area contributed by atoms with Crippen molar-refractivity contribution in [1.29, 1.82) is 0 Å². The van der Waals surface area contributed by atoms with E-state index in [-0.39, 0.29) is 30.7 Å². The normalized spacial score (nSPS) is 20.1. The molecular weight excluding hydrogens is 237 g/mol. The van der Waals surface area contributed by atoms with Crippen LogP contribution in [-0.2, 0) is 4.79 Å². The molecule has 6 heteroatoms. The number of hydrogen-bond acceptors (Lipinski definition) is 3. The van der Waals surface area contributed by atoms with Crippen molar-refractivity contribution in [3.8, 4) is 0 Å². The van der Waals surface area contributed by atoms with Gasteiger partial charge in [0.25, 0.3) is 0 Å². The van der Waals surface area contributed by atoms with Crippen molar-refractivity contribution in [3.05, 3.63) is 0 Å². The molecule has 2 N–H and O–H groups in total. The number of nitrogens with zero attached hydrogens (tertiary/aromatic N) is 1. The number of piperidine rings is 1. The average molecular weight is 258 g/mol. The number of carbonyl (C=O) groups is 1. The van der Waals surface area contributed by atoms with Gasteiger partial charge in [0.1, 0.15) is 0 Å². The van der Waals surface area contributed by atoms with Crippen molar-refractivity contribution in [2.75, 3.05) is 33.7 Å². The summed E-state index contributed by atoms with van der Waals surface area (Å²) in [6, 6.07) is 0.334. The topological polar surface area (TPSA) is 44.4 Å². The molecule has 1 amide bonds. The van der Waals surface area contributed by atoms with Crippen molar-refractivity contribution < 1.29 is 4.79 Å². The zero-order valence-electron chi connectivity index (χ0n) is 9.28. The second-order valence-electron chi connectivity index (χ2n) is 3.85.